The largest absolute Gasteiger partial charge is 0.348 e. The average molecular weight is 410 g/mol. The molecule has 0 radical (unpaired) electrons. The van der Waals surface area contributed by atoms with E-state index in [1.807, 2.05) is 45.0 Å². The third-order valence-corrected chi connectivity index (χ3v) is 6.45. The summed E-state index contributed by atoms with van der Waals surface area (Å²) in [4.78, 5) is 12.7. The zero-order chi connectivity index (χ0) is 21.1. The van der Waals surface area contributed by atoms with Crippen molar-refractivity contribution < 1.29 is 4.79 Å². The summed E-state index contributed by atoms with van der Waals surface area (Å²) in [5.74, 6) is 0.165. The highest BCUT2D eigenvalue weighted by Gasteiger charge is 2.24. The van der Waals surface area contributed by atoms with Gasteiger partial charge >= 0.3 is 0 Å². The Labute approximate surface area is 178 Å². The van der Waals surface area contributed by atoms with Gasteiger partial charge in [-0.3, -0.25) is 4.79 Å². The number of nitrogens with one attached hydrogen (secondary N) is 1. The van der Waals surface area contributed by atoms with Crippen LogP contribution in [-0.2, 0) is 4.79 Å². The van der Waals surface area contributed by atoms with Crippen molar-refractivity contribution in [2.75, 3.05) is 0 Å². The van der Waals surface area contributed by atoms with Gasteiger partial charge in [0.2, 0.25) is 0 Å². The van der Waals surface area contributed by atoms with E-state index in [1.54, 1.807) is 6.08 Å². The highest BCUT2D eigenvalue weighted by molar-refractivity contribution is 6.31. The topological polar surface area (TPSA) is 57.8 Å². The summed E-state index contributed by atoms with van der Waals surface area (Å²) in [6.45, 7) is 8.17. The number of benzene rings is 1. The number of hydrogen-bond acceptors (Lipinski definition) is 2. The van der Waals surface area contributed by atoms with Gasteiger partial charge in [0.25, 0.3) is 5.91 Å². The van der Waals surface area contributed by atoms with Crippen molar-refractivity contribution in [1.82, 2.24) is 9.88 Å². The molecule has 1 fully saturated rings. The number of nitriles is 1. The van der Waals surface area contributed by atoms with Crippen LogP contribution < -0.4 is 5.32 Å². The van der Waals surface area contributed by atoms with Gasteiger partial charge in [-0.25, -0.2) is 0 Å². The average Bonchev–Trinajstić information content (AvgIpc) is 2.97. The maximum atomic E-state index is 12.7. The second kappa shape index (κ2) is 8.88. The van der Waals surface area contributed by atoms with Gasteiger partial charge in [-0.15, -0.1) is 0 Å². The SMILES string of the molecule is Cc1c(Cl)cccc1-n1c(C)cc(/C=C(\C#N)C(=O)N[C@H]2CCCC[C@@H]2C)c1C. The van der Waals surface area contributed by atoms with E-state index in [2.05, 4.69) is 22.9 Å². The first-order valence-corrected chi connectivity index (χ1v) is 10.6. The monoisotopic (exact) mass is 409 g/mol. The predicted octanol–water partition coefficient (Wildman–Crippen LogP) is 5.66. The van der Waals surface area contributed by atoms with Crippen molar-refractivity contribution >= 4 is 23.6 Å². The molecule has 1 aromatic carbocycles. The van der Waals surface area contributed by atoms with E-state index >= 15 is 0 Å². The summed E-state index contributed by atoms with van der Waals surface area (Å²) in [5.41, 5.74) is 5.01. The first kappa shape index (κ1) is 21.2. The van der Waals surface area contributed by atoms with Crippen LogP contribution in [0.25, 0.3) is 11.8 Å². The molecule has 0 bridgehead atoms. The fraction of sp³-hybridized carbons (Fsp3) is 0.417. The lowest BCUT2D eigenvalue weighted by Crippen LogP contribution is -2.41. The Balaban J connectivity index is 1.92. The Morgan fingerprint density at radius 1 is 1.28 bits per heavy atom. The van der Waals surface area contributed by atoms with Gasteiger partial charge < -0.3 is 9.88 Å². The molecule has 0 aliphatic heterocycles. The molecule has 5 heteroatoms. The van der Waals surface area contributed by atoms with E-state index in [-0.39, 0.29) is 17.5 Å². The number of aryl methyl sites for hydroxylation is 1. The summed E-state index contributed by atoms with van der Waals surface area (Å²) in [6.07, 6.45) is 6.14. The van der Waals surface area contributed by atoms with E-state index < -0.39 is 0 Å². The van der Waals surface area contributed by atoms with Gasteiger partial charge in [-0.2, -0.15) is 5.26 Å². The normalized spacial score (nSPS) is 19.7. The molecule has 29 heavy (non-hydrogen) atoms. The van der Waals surface area contributed by atoms with Crippen LogP contribution in [0.15, 0.2) is 29.8 Å². The minimum absolute atomic E-state index is 0.144. The van der Waals surface area contributed by atoms with Crippen molar-refractivity contribution in [3.05, 3.63) is 57.4 Å². The van der Waals surface area contributed by atoms with Gasteiger partial charge in [0.05, 0.1) is 0 Å². The van der Waals surface area contributed by atoms with E-state index in [1.165, 1.54) is 6.42 Å². The van der Waals surface area contributed by atoms with E-state index in [9.17, 15) is 10.1 Å². The first-order valence-electron chi connectivity index (χ1n) is 10.2. The molecule has 1 heterocycles. The summed E-state index contributed by atoms with van der Waals surface area (Å²) in [5, 5.41) is 13.4. The molecule has 1 aliphatic rings. The molecule has 1 aliphatic carbocycles. The van der Waals surface area contributed by atoms with Gasteiger partial charge in [0.15, 0.2) is 0 Å². The van der Waals surface area contributed by atoms with Gasteiger partial charge in [-0.05, 0) is 74.9 Å². The van der Waals surface area contributed by atoms with Crippen LogP contribution in [0.4, 0.5) is 0 Å². The van der Waals surface area contributed by atoms with E-state index in [4.69, 9.17) is 11.6 Å². The Bertz CT molecular complexity index is 996. The summed E-state index contributed by atoms with van der Waals surface area (Å²) in [7, 11) is 0. The van der Waals surface area contributed by atoms with Crippen LogP contribution in [0.5, 0.6) is 0 Å². The molecular weight excluding hydrogens is 382 g/mol. The molecule has 3 rings (SSSR count). The number of amides is 1. The van der Waals surface area contributed by atoms with Crippen molar-refractivity contribution in [3.8, 4) is 11.8 Å². The zero-order valence-corrected chi connectivity index (χ0v) is 18.3. The van der Waals surface area contributed by atoms with Crippen LogP contribution in [0.1, 0.15) is 55.1 Å². The Morgan fingerprint density at radius 3 is 2.69 bits per heavy atom. The molecule has 0 unspecified atom stereocenters. The van der Waals surface area contributed by atoms with Gasteiger partial charge in [0, 0.05) is 28.1 Å². The Morgan fingerprint density at radius 2 is 2.00 bits per heavy atom. The van der Waals surface area contributed by atoms with Crippen molar-refractivity contribution in [3.63, 3.8) is 0 Å². The third-order valence-electron chi connectivity index (χ3n) is 6.04. The quantitative estimate of drug-likeness (QED) is 0.523. The van der Waals surface area contributed by atoms with Crippen LogP contribution in [0.3, 0.4) is 0 Å². The second-order valence-corrected chi connectivity index (χ2v) is 8.46. The van der Waals surface area contributed by atoms with Gasteiger partial charge in [0.1, 0.15) is 11.6 Å². The summed E-state index contributed by atoms with van der Waals surface area (Å²) >= 11 is 6.31. The van der Waals surface area contributed by atoms with Crippen molar-refractivity contribution in [2.24, 2.45) is 5.92 Å². The number of nitrogens with zero attached hydrogens (tertiary/aromatic N) is 2. The van der Waals surface area contributed by atoms with Crippen molar-refractivity contribution in [1.29, 1.82) is 5.26 Å². The number of hydrogen-bond donors (Lipinski definition) is 1. The number of rotatable bonds is 4. The maximum Gasteiger partial charge on any atom is 0.262 e. The highest BCUT2D eigenvalue weighted by Crippen LogP contribution is 2.28. The lowest BCUT2D eigenvalue weighted by molar-refractivity contribution is -0.118. The minimum Gasteiger partial charge on any atom is -0.348 e. The fourth-order valence-electron chi connectivity index (χ4n) is 4.22. The molecule has 2 aromatic rings. The third kappa shape index (κ3) is 4.41. The lowest BCUT2D eigenvalue weighted by Gasteiger charge is -2.29. The number of halogens is 1. The Kier molecular flexibility index (Phi) is 6.49. The first-order chi connectivity index (χ1) is 13.8. The van der Waals surface area contributed by atoms with Crippen LogP contribution >= 0.6 is 11.6 Å². The Hall–Kier alpha value is -2.51. The van der Waals surface area contributed by atoms with E-state index in [0.29, 0.717) is 10.9 Å². The van der Waals surface area contributed by atoms with Crippen LogP contribution in [-0.4, -0.2) is 16.5 Å². The molecule has 152 valence electrons. The molecular formula is C24H28ClN3O. The van der Waals surface area contributed by atoms with E-state index in [0.717, 1.165) is 47.5 Å². The van der Waals surface area contributed by atoms with Crippen molar-refractivity contribution in [2.45, 2.75) is 59.4 Å². The fourth-order valence-corrected chi connectivity index (χ4v) is 4.39. The number of aromatic nitrogens is 1. The molecule has 0 spiro atoms. The predicted molar refractivity (Wildman–Crippen MR) is 118 cm³/mol. The standard InChI is InChI=1S/C24H28ClN3O/c1-15-8-5-6-10-22(15)27-24(29)20(14-26)13-19-12-16(2)28(18(19)4)23-11-7-9-21(25)17(23)3/h7,9,11-13,15,22H,5-6,8,10H2,1-4H3,(H,27,29)/b20-13+/t15-,22-/m0/s1. The minimum atomic E-state index is -0.282. The second-order valence-electron chi connectivity index (χ2n) is 8.06. The molecule has 1 amide bonds. The highest BCUT2D eigenvalue weighted by atomic mass is 35.5. The van der Waals surface area contributed by atoms with Crippen LogP contribution in [0, 0.1) is 38.0 Å². The molecule has 0 saturated heterocycles. The van der Waals surface area contributed by atoms with Crippen LogP contribution in [0.2, 0.25) is 5.02 Å². The summed E-state index contributed by atoms with van der Waals surface area (Å²) in [6, 6.07) is 10.1. The van der Waals surface area contributed by atoms with Gasteiger partial charge in [-0.1, -0.05) is 37.4 Å². The molecule has 1 aromatic heterocycles. The summed E-state index contributed by atoms with van der Waals surface area (Å²) < 4.78 is 2.11. The maximum absolute atomic E-state index is 12.7. The molecule has 2 atom stereocenters. The smallest absolute Gasteiger partial charge is 0.262 e. The number of carbonyl (C=O) groups excluding carboxylic acids is 1. The lowest BCUT2D eigenvalue weighted by atomic mass is 9.86. The molecule has 1 saturated carbocycles. The number of carbonyl (C=O) groups is 1. The molecule has 1 N–H and O–H groups in total. The zero-order valence-electron chi connectivity index (χ0n) is 17.6. The molecule has 4 nitrogen and oxygen atoms in total.